The van der Waals surface area contributed by atoms with Crippen LogP contribution >= 0.6 is 0 Å². The minimum absolute atomic E-state index is 0. The van der Waals surface area contributed by atoms with Gasteiger partial charge >= 0.3 is 0 Å². The summed E-state index contributed by atoms with van der Waals surface area (Å²) in [6.45, 7) is 13.8. The van der Waals surface area contributed by atoms with Crippen molar-refractivity contribution >= 4 is 17.7 Å². The van der Waals surface area contributed by atoms with Gasteiger partial charge in [-0.05, 0) is 5.41 Å². The van der Waals surface area contributed by atoms with Gasteiger partial charge in [0.15, 0.2) is 11.8 Å². The van der Waals surface area contributed by atoms with Gasteiger partial charge in [-0.2, -0.15) is 0 Å². The zero-order valence-electron chi connectivity index (χ0n) is 13.3. The van der Waals surface area contributed by atoms with Crippen molar-refractivity contribution in [2.45, 2.75) is 54.9 Å². The SMILES string of the molecule is CC.CC(=N)OC(=N)CCNC(=O)C(C)C(C)(C)C.[HH]. The van der Waals surface area contributed by atoms with Crippen LogP contribution in [0.1, 0.15) is 56.3 Å². The van der Waals surface area contributed by atoms with Gasteiger partial charge < -0.3 is 10.1 Å². The Hall–Kier alpha value is -1.39. The lowest BCUT2D eigenvalue weighted by Gasteiger charge is -2.26. The highest BCUT2D eigenvalue weighted by Crippen LogP contribution is 2.25. The standard InChI is InChI=1S/C12H23N3O2.C2H6.H2/c1-8(12(3,4)5)11(16)15-7-6-10(14)17-9(2)13;1-2;/h8,13-14H,6-7H2,1-5H3,(H,15,16);1-2H3;1H. The fraction of sp³-hybridized carbons (Fsp3) is 0.786. The van der Waals surface area contributed by atoms with Crippen molar-refractivity contribution in [3.05, 3.63) is 0 Å². The van der Waals surface area contributed by atoms with Gasteiger partial charge in [-0.15, -0.1) is 0 Å². The summed E-state index contributed by atoms with van der Waals surface area (Å²) in [6.07, 6.45) is 0.304. The summed E-state index contributed by atoms with van der Waals surface area (Å²) in [5.74, 6) is -0.107. The molecule has 0 aliphatic rings. The molecular formula is C14H31N3O2. The van der Waals surface area contributed by atoms with E-state index in [1.165, 1.54) is 6.92 Å². The van der Waals surface area contributed by atoms with Crippen molar-refractivity contribution in [2.24, 2.45) is 11.3 Å². The predicted octanol–water partition coefficient (Wildman–Crippen LogP) is 3.44. The molecule has 0 aliphatic carbocycles. The lowest BCUT2D eigenvalue weighted by atomic mass is 9.81. The molecule has 0 aliphatic heterocycles. The third-order valence-corrected chi connectivity index (χ3v) is 2.62. The third kappa shape index (κ3) is 10.2. The maximum atomic E-state index is 11.7. The molecular weight excluding hydrogens is 242 g/mol. The van der Waals surface area contributed by atoms with Gasteiger partial charge in [-0.25, -0.2) is 0 Å². The summed E-state index contributed by atoms with van der Waals surface area (Å²) in [5, 5.41) is 17.2. The highest BCUT2D eigenvalue weighted by atomic mass is 16.5. The van der Waals surface area contributed by atoms with Crippen LogP contribution in [-0.4, -0.2) is 24.2 Å². The highest BCUT2D eigenvalue weighted by molar-refractivity contribution is 5.87. The van der Waals surface area contributed by atoms with Crippen LogP contribution in [0.25, 0.3) is 0 Å². The van der Waals surface area contributed by atoms with Crippen LogP contribution in [0.15, 0.2) is 0 Å². The molecule has 0 saturated carbocycles. The topological polar surface area (TPSA) is 86.0 Å². The van der Waals surface area contributed by atoms with E-state index < -0.39 is 0 Å². The number of carbonyl (C=O) groups is 1. The molecule has 0 heterocycles. The van der Waals surface area contributed by atoms with Crippen molar-refractivity contribution in [2.75, 3.05) is 6.54 Å². The first kappa shape index (κ1) is 19.9. The van der Waals surface area contributed by atoms with E-state index in [2.05, 4.69) is 5.32 Å². The normalized spacial score (nSPS) is 11.7. The van der Waals surface area contributed by atoms with Crippen LogP contribution < -0.4 is 5.32 Å². The Bertz CT molecular complexity index is 312. The molecule has 0 fully saturated rings. The van der Waals surface area contributed by atoms with Crippen LogP contribution in [0, 0.1) is 22.2 Å². The molecule has 0 aromatic carbocycles. The Morgan fingerprint density at radius 2 is 1.79 bits per heavy atom. The molecule has 0 bridgehead atoms. The van der Waals surface area contributed by atoms with E-state index in [-0.39, 0.29) is 30.5 Å². The van der Waals surface area contributed by atoms with Gasteiger partial charge in [0, 0.05) is 27.2 Å². The number of amides is 1. The van der Waals surface area contributed by atoms with Crippen molar-refractivity contribution < 1.29 is 11.0 Å². The molecule has 0 aromatic heterocycles. The van der Waals surface area contributed by atoms with Crippen molar-refractivity contribution in [3.8, 4) is 0 Å². The Kier molecular flexibility index (Phi) is 10.00. The molecule has 1 amide bonds. The van der Waals surface area contributed by atoms with Gasteiger partial charge in [0.1, 0.15) is 0 Å². The molecule has 0 radical (unpaired) electrons. The summed E-state index contributed by atoms with van der Waals surface area (Å²) < 4.78 is 4.78. The maximum Gasteiger partial charge on any atom is 0.223 e. The summed E-state index contributed by atoms with van der Waals surface area (Å²) >= 11 is 0. The molecule has 0 spiro atoms. The number of nitrogens with one attached hydrogen (secondary N) is 3. The minimum Gasteiger partial charge on any atom is -0.430 e. The molecule has 1 unspecified atom stereocenters. The first-order valence-electron chi connectivity index (χ1n) is 6.72. The maximum absolute atomic E-state index is 11.7. The lowest BCUT2D eigenvalue weighted by Crippen LogP contribution is -2.37. The van der Waals surface area contributed by atoms with Gasteiger partial charge in [0.2, 0.25) is 5.91 Å². The van der Waals surface area contributed by atoms with Crippen LogP contribution in [0.5, 0.6) is 0 Å². The Morgan fingerprint density at radius 1 is 1.32 bits per heavy atom. The quantitative estimate of drug-likeness (QED) is 0.541. The zero-order valence-corrected chi connectivity index (χ0v) is 13.3. The average molecular weight is 273 g/mol. The smallest absolute Gasteiger partial charge is 0.223 e. The van der Waals surface area contributed by atoms with E-state index in [0.29, 0.717) is 13.0 Å². The highest BCUT2D eigenvalue weighted by Gasteiger charge is 2.26. The van der Waals surface area contributed by atoms with E-state index in [1.54, 1.807) is 0 Å². The number of carbonyl (C=O) groups excluding carboxylic acids is 1. The third-order valence-electron chi connectivity index (χ3n) is 2.62. The van der Waals surface area contributed by atoms with Gasteiger partial charge in [-0.1, -0.05) is 41.5 Å². The average Bonchev–Trinajstić information content (AvgIpc) is 2.28. The zero-order chi connectivity index (χ0) is 15.6. The molecule has 0 rings (SSSR count). The fourth-order valence-corrected chi connectivity index (χ4v) is 1.08. The van der Waals surface area contributed by atoms with E-state index in [9.17, 15) is 4.79 Å². The van der Waals surface area contributed by atoms with Crippen LogP contribution in [-0.2, 0) is 9.53 Å². The van der Waals surface area contributed by atoms with Crippen LogP contribution in [0.2, 0.25) is 0 Å². The van der Waals surface area contributed by atoms with Gasteiger partial charge in [-0.3, -0.25) is 15.6 Å². The minimum atomic E-state index is -0.0814. The molecule has 114 valence electrons. The Labute approximate surface area is 118 Å². The molecule has 0 saturated heterocycles. The summed E-state index contributed by atoms with van der Waals surface area (Å²) in [4.78, 5) is 11.7. The molecule has 5 heteroatoms. The number of ether oxygens (including phenoxy) is 1. The second kappa shape index (κ2) is 9.53. The number of hydrogen-bond donors (Lipinski definition) is 3. The second-order valence-corrected chi connectivity index (χ2v) is 5.21. The number of rotatable bonds is 4. The molecule has 5 nitrogen and oxygen atoms in total. The van der Waals surface area contributed by atoms with Gasteiger partial charge in [0.05, 0.1) is 0 Å². The summed E-state index contributed by atoms with van der Waals surface area (Å²) in [5.41, 5.74) is -0.0698. The van der Waals surface area contributed by atoms with Crippen LogP contribution in [0.4, 0.5) is 0 Å². The first-order valence-corrected chi connectivity index (χ1v) is 6.72. The van der Waals surface area contributed by atoms with E-state index in [4.69, 9.17) is 15.6 Å². The van der Waals surface area contributed by atoms with Gasteiger partial charge in [0.25, 0.3) is 0 Å². The number of hydrogen-bond acceptors (Lipinski definition) is 4. The molecule has 0 aromatic rings. The first-order chi connectivity index (χ1) is 8.64. The van der Waals surface area contributed by atoms with Crippen molar-refractivity contribution in [3.63, 3.8) is 0 Å². The molecule has 1 atom stereocenters. The predicted molar refractivity (Wildman–Crippen MR) is 81.9 cm³/mol. The molecule has 3 N–H and O–H groups in total. The van der Waals surface area contributed by atoms with Crippen molar-refractivity contribution in [1.29, 1.82) is 10.8 Å². The largest absolute Gasteiger partial charge is 0.430 e. The fourth-order valence-electron chi connectivity index (χ4n) is 1.08. The Morgan fingerprint density at radius 3 is 2.16 bits per heavy atom. The van der Waals surface area contributed by atoms with E-state index in [0.717, 1.165) is 0 Å². The lowest BCUT2D eigenvalue weighted by molar-refractivity contribution is -0.127. The molecule has 19 heavy (non-hydrogen) atoms. The summed E-state index contributed by atoms with van der Waals surface area (Å²) in [6, 6.07) is 0. The van der Waals surface area contributed by atoms with Crippen molar-refractivity contribution in [1.82, 2.24) is 5.32 Å². The monoisotopic (exact) mass is 273 g/mol. The summed E-state index contributed by atoms with van der Waals surface area (Å²) in [7, 11) is 0. The second-order valence-electron chi connectivity index (χ2n) is 5.21. The van der Waals surface area contributed by atoms with Crippen LogP contribution in [0.3, 0.4) is 0 Å². The van der Waals surface area contributed by atoms with E-state index >= 15 is 0 Å². The Balaban J connectivity index is -0.000000916. The van der Waals surface area contributed by atoms with E-state index in [1.807, 2.05) is 41.5 Å².